The molecule has 0 aliphatic heterocycles. The Hall–Kier alpha value is -0.520. The minimum absolute atomic E-state index is 0.713. The fourth-order valence-corrected chi connectivity index (χ4v) is 2.45. The minimum atomic E-state index is 0.713. The average Bonchev–Trinajstić information content (AvgIpc) is 2.25. The normalized spacial score (nSPS) is 24.2. The third kappa shape index (κ3) is 1.24. The summed E-state index contributed by atoms with van der Waals surface area (Å²) in [5, 5.41) is 0. The molecular weight excluding hydrogens is 144 g/mol. The molecular formula is C12H20. The predicted molar refractivity (Wildman–Crippen MR) is 55.1 cm³/mol. The largest absolute Gasteiger partial charge is 0.0630 e. The van der Waals surface area contributed by atoms with Crippen LogP contribution < -0.4 is 0 Å². The zero-order chi connectivity index (χ0) is 9.30. The summed E-state index contributed by atoms with van der Waals surface area (Å²) in [7, 11) is 0. The predicted octanol–water partition coefficient (Wildman–Crippen LogP) is 4.09. The van der Waals surface area contributed by atoms with Crippen molar-refractivity contribution in [2.24, 2.45) is 5.92 Å². The van der Waals surface area contributed by atoms with Crippen LogP contribution in [0.5, 0.6) is 0 Å². The van der Waals surface area contributed by atoms with Crippen molar-refractivity contribution in [3.63, 3.8) is 0 Å². The quantitative estimate of drug-likeness (QED) is 0.576. The van der Waals surface area contributed by atoms with Gasteiger partial charge >= 0.3 is 0 Å². The molecule has 0 aromatic rings. The van der Waals surface area contributed by atoms with Crippen molar-refractivity contribution in [3.8, 4) is 0 Å². The zero-order valence-electron chi connectivity index (χ0n) is 8.99. The number of hydrogen-bond acceptors (Lipinski definition) is 0. The van der Waals surface area contributed by atoms with E-state index in [1.54, 1.807) is 22.3 Å². The number of hydrogen-bond donors (Lipinski definition) is 0. The summed E-state index contributed by atoms with van der Waals surface area (Å²) >= 11 is 0. The zero-order valence-corrected chi connectivity index (χ0v) is 8.99. The third-order valence-electron chi connectivity index (χ3n) is 3.32. The Morgan fingerprint density at radius 1 is 1.08 bits per heavy atom. The van der Waals surface area contributed by atoms with Gasteiger partial charge in [-0.2, -0.15) is 0 Å². The molecule has 0 N–H and O–H groups in total. The molecule has 1 unspecified atom stereocenters. The molecule has 0 amide bonds. The molecule has 0 bridgehead atoms. The second kappa shape index (κ2) is 3.47. The van der Waals surface area contributed by atoms with E-state index in [-0.39, 0.29) is 0 Å². The average molecular weight is 164 g/mol. The van der Waals surface area contributed by atoms with Crippen LogP contribution in [-0.2, 0) is 0 Å². The van der Waals surface area contributed by atoms with Gasteiger partial charge in [-0.15, -0.1) is 0 Å². The van der Waals surface area contributed by atoms with E-state index in [2.05, 4.69) is 34.6 Å². The van der Waals surface area contributed by atoms with Gasteiger partial charge in [0.2, 0.25) is 0 Å². The van der Waals surface area contributed by atoms with Crippen molar-refractivity contribution in [1.82, 2.24) is 0 Å². The van der Waals surface area contributed by atoms with Gasteiger partial charge in [0, 0.05) is 0 Å². The Morgan fingerprint density at radius 3 is 1.92 bits per heavy atom. The fraction of sp³-hybridized carbons (Fsp3) is 0.667. The van der Waals surface area contributed by atoms with Crippen LogP contribution in [0.25, 0.3) is 0 Å². The molecule has 1 rings (SSSR count). The molecule has 0 radical (unpaired) electrons. The van der Waals surface area contributed by atoms with Crippen LogP contribution >= 0.6 is 0 Å². The third-order valence-corrected chi connectivity index (χ3v) is 3.32. The van der Waals surface area contributed by atoms with Crippen molar-refractivity contribution < 1.29 is 0 Å². The van der Waals surface area contributed by atoms with Gasteiger partial charge in [0.1, 0.15) is 0 Å². The summed E-state index contributed by atoms with van der Waals surface area (Å²) in [4.78, 5) is 0. The molecule has 0 saturated carbocycles. The lowest BCUT2D eigenvalue weighted by molar-refractivity contribution is 0.772. The Balaban J connectivity index is 3.05. The molecule has 0 heteroatoms. The first-order valence-electron chi connectivity index (χ1n) is 5.03. The summed E-state index contributed by atoms with van der Waals surface area (Å²) in [6.45, 7) is 11.4. The molecule has 0 heterocycles. The molecule has 1 atom stereocenters. The smallest absolute Gasteiger partial charge is 0.00126 e. The molecule has 0 spiro atoms. The van der Waals surface area contributed by atoms with Crippen LogP contribution in [0.4, 0.5) is 0 Å². The van der Waals surface area contributed by atoms with Gasteiger partial charge in [0.25, 0.3) is 0 Å². The van der Waals surface area contributed by atoms with Crippen molar-refractivity contribution in [1.29, 1.82) is 0 Å². The molecule has 12 heavy (non-hydrogen) atoms. The fourth-order valence-electron chi connectivity index (χ4n) is 2.45. The Kier molecular flexibility index (Phi) is 2.76. The van der Waals surface area contributed by atoms with Crippen LogP contribution in [0.1, 0.15) is 47.5 Å². The van der Waals surface area contributed by atoms with E-state index in [0.29, 0.717) is 5.92 Å². The Labute approximate surface area is 76.4 Å². The topological polar surface area (TPSA) is 0 Å². The van der Waals surface area contributed by atoms with Crippen molar-refractivity contribution in [2.45, 2.75) is 47.5 Å². The van der Waals surface area contributed by atoms with Crippen LogP contribution in [0.15, 0.2) is 22.3 Å². The molecule has 0 aromatic heterocycles. The first-order chi connectivity index (χ1) is 5.63. The van der Waals surface area contributed by atoms with Gasteiger partial charge < -0.3 is 0 Å². The number of rotatable bonds is 2. The molecule has 1 aliphatic carbocycles. The van der Waals surface area contributed by atoms with Gasteiger partial charge in [-0.05, 0) is 43.8 Å². The second-order valence-electron chi connectivity index (χ2n) is 3.74. The summed E-state index contributed by atoms with van der Waals surface area (Å²) in [6.07, 6.45) is 2.42. The highest BCUT2D eigenvalue weighted by molar-refractivity contribution is 5.47. The molecule has 0 fully saturated rings. The lowest BCUT2D eigenvalue weighted by atomic mass is 9.96. The standard InChI is InChI=1S/C12H20/c1-6-11-8(3)9(4)12(7-2)10(11)5/h8H,6-7H2,1-5H3. The molecule has 0 nitrogen and oxygen atoms in total. The van der Waals surface area contributed by atoms with E-state index in [1.165, 1.54) is 12.8 Å². The lowest BCUT2D eigenvalue weighted by Crippen LogP contribution is -1.95. The molecule has 0 saturated heterocycles. The Bertz CT molecular complexity index is 241. The Morgan fingerprint density at radius 2 is 1.67 bits per heavy atom. The summed E-state index contributed by atoms with van der Waals surface area (Å²) in [5.41, 5.74) is 6.44. The van der Waals surface area contributed by atoms with E-state index in [0.717, 1.165) is 0 Å². The van der Waals surface area contributed by atoms with E-state index in [4.69, 9.17) is 0 Å². The van der Waals surface area contributed by atoms with E-state index in [9.17, 15) is 0 Å². The van der Waals surface area contributed by atoms with Crippen molar-refractivity contribution in [2.75, 3.05) is 0 Å². The monoisotopic (exact) mass is 164 g/mol. The highest BCUT2D eigenvalue weighted by atomic mass is 14.3. The van der Waals surface area contributed by atoms with Crippen LogP contribution in [0, 0.1) is 5.92 Å². The summed E-state index contributed by atoms with van der Waals surface area (Å²) < 4.78 is 0. The maximum absolute atomic E-state index is 2.33. The maximum Gasteiger partial charge on any atom is -0.00126 e. The van der Waals surface area contributed by atoms with Crippen molar-refractivity contribution in [3.05, 3.63) is 22.3 Å². The highest BCUT2D eigenvalue weighted by Crippen LogP contribution is 2.39. The van der Waals surface area contributed by atoms with Crippen LogP contribution in [0.3, 0.4) is 0 Å². The van der Waals surface area contributed by atoms with Gasteiger partial charge in [0.15, 0.2) is 0 Å². The van der Waals surface area contributed by atoms with Gasteiger partial charge in [0.05, 0.1) is 0 Å². The first kappa shape index (κ1) is 9.57. The summed E-state index contributed by atoms with van der Waals surface area (Å²) in [5.74, 6) is 0.713. The van der Waals surface area contributed by atoms with E-state index >= 15 is 0 Å². The molecule has 0 aromatic carbocycles. The maximum atomic E-state index is 2.33. The van der Waals surface area contributed by atoms with Gasteiger partial charge in [-0.25, -0.2) is 0 Å². The first-order valence-corrected chi connectivity index (χ1v) is 5.03. The second-order valence-corrected chi connectivity index (χ2v) is 3.74. The van der Waals surface area contributed by atoms with E-state index in [1.807, 2.05) is 0 Å². The van der Waals surface area contributed by atoms with Crippen molar-refractivity contribution >= 4 is 0 Å². The molecule has 68 valence electrons. The summed E-state index contributed by atoms with van der Waals surface area (Å²) in [6, 6.07) is 0. The molecule has 1 aliphatic rings. The van der Waals surface area contributed by atoms with E-state index < -0.39 is 0 Å². The minimum Gasteiger partial charge on any atom is -0.0630 e. The highest BCUT2D eigenvalue weighted by Gasteiger charge is 2.22. The van der Waals surface area contributed by atoms with Crippen LogP contribution in [-0.4, -0.2) is 0 Å². The van der Waals surface area contributed by atoms with Crippen LogP contribution in [0.2, 0.25) is 0 Å². The van der Waals surface area contributed by atoms with Gasteiger partial charge in [-0.3, -0.25) is 0 Å². The lowest BCUT2D eigenvalue weighted by Gasteiger charge is -2.09. The SMILES string of the molecule is CCC1=C(C)C(C)C(CC)=C1C. The van der Waals surface area contributed by atoms with Gasteiger partial charge in [-0.1, -0.05) is 31.9 Å². The number of allylic oxidation sites excluding steroid dienone is 4.